The van der Waals surface area contributed by atoms with Crippen LogP contribution in [0.5, 0.6) is 17.2 Å². The van der Waals surface area contributed by atoms with Crippen molar-refractivity contribution in [3.05, 3.63) is 54.1 Å². The summed E-state index contributed by atoms with van der Waals surface area (Å²) in [5, 5.41) is 0. The average molecular weight is 277 g/mol. The minimum Gasteiger partial charge on any atom is -0.494 e. The van der Waals surface area contributed by atoms with Crippen LogP contribution in [0, 0.1) is 0 Å². The molecule has 2 aromatic carbocycles. The van der Waals surface area contributed by atoms with Gasteiger partial charge in [-0.15, -0.1) is 11.6 Å². The predicted octanol–water partition coefficient (Wildman–Crippen LogP) is 5.01. The quantitative estimate of drug-likeness (QED) is 0.691. The summed E-state index contributed by atoms with van der Waals surface area (Å²) in [6.45, 7) is 2.82. The predicted molar refractivity (Wildman–Crippen MR) is 78.3 cm³/mol. The van der Waals surface area contributed by atoms with Crippen molar-refractivity contribution in [2.24, 2.45) is 0 Å². The molecule has 0 spiro atoms. The Balaban J connectivity index is 2.02. The number of benzene rings is 2. The van der Waals surface area contributed by atoms with Crippen LogP contribution in [0.25, 0.3) is 0 Å². The highest BCUT2D eigenvalue weighted by Gasteiger charge is 2.00. The lowest BCUT2D eigenvalue weighted by Crippen LogP contribution is -1.94. The second-order valence-corrected chi connectivity index (χ2v) is 4.47. The third kappa shape index (κ3) is 4.18. The lowest BCUT2D eigenvalue weighted by atomic mass is 10.2. The van der Waals surface area contributed by atoms with Gasteiger partial charge in [0.1, 0.15) is 17.2 Å². The Morgan fingerprint density at radius 3 is 2.37 bits per heavy atom. The molecular weight excluding hydrogens is 260 g/mol. The highest BCUT2D eigenvalue weighted by molar-refractivity contribution is 6.17. The highest BCUT2D eigenvalue weighted by Crippen LogP contribution is 2.25. The van der Waals surface area contributed by atoms with E-state index in [0.29, 0.717) is 5.88 Å². The van der Waals surface area contributed by atoms with Crippen molar-refractivity contribution in [1.29, 1.82) is 0 Å². The van der Waals surface area contributed by atoms with Crippen molar-refractivity contribution in [3.8, 4) is 17.2 Å². The molecule has 0 aliphatic rings. The molecule has 0 unspecified atom stereocenters. The lowest BCUT2D eigenvalue weighted by molar-refractivity contribution is 0.317. The Hall–Kier alpha value is -1.67. The van der Waals surface area contributed by atoms with Crippen LogP contribution in [0.4, 0.5) is 0 Å². The Morgan fingerprint density at radius 2 is 1.68 bits per heavy atom. The number of hydrogen-bond acceptors (Lipinski definition) is 2. The number of halogens is 1. The molecule has 3 heteroatoms. The molecule has 0 aliphatic heterocycles. The molecule has 0 aliphatic carbocycles. The summed E-state index contributed by atoms with van der Waals surface area (Å²) in [5.74, 6) is 2.93. The highest BCUT2D eigenvalue weighted by atomic mass is 35.5. The number of hydrogen-bond donors (Lipinski definition) is 0. The molecule has 0 radical (unpaired) electrons. The number of ether oxygens (including phenoxy) is 2. The van der Waals surface area contributed by atoms with E-state index in [4.69, 9.17) is 21.1 Å². The fraction of sp³-hybridized carbons (Fsp3) is 0.250. The van der Waals surface area contributed by atoms with Gasteiger partial charge in [-0.25, -0.2) is 0 Å². The summed E-state index contributed by atoms with van der Waals surface area (Å²) < 4.78 is 11.3. The van der Waals surface area contributed by atoms with Gasteiger partial charge in [0, 0.05) is 5.88 Å². The summed E-state index contributed by atoms with van der Waals surface area (Å²) in [7, 11) is 0. The Labute approximate surface area is 118 Å². The van der Waals surface area contributed by atoms with Gasteiger partial charge < -0.3 is 9.47 Å². The van der Waals surface area contributed by atoms with Gasteiger partial charge in [-0.1, -0.05) is 19.1 Å². The van der Waals surface area contributed by atoms with Crippen LogP contribution in [-0.2, 0) is 5.88 Å². The first kappa shape index (κ1) is 13.8. The molecule has 2 nitrogen and oxygen atoms in total. The third-order valence-electron chi connectivity index (χ3n) is 2.59. The molecule has 0 saturated carbocycles. The fourth-order valence-electron chi connectivity index (χ4n) is 1.65. The third-order valence-corrected chi connectivity index (χ3v) is 2.89. The zero-order valence-electron chi connectivity index (χ0n) is 10.9. The second-order valence-electron chi connectivity index (χ2n) is 4.20. The number of rotatable bonds is 6. The van der Waals surface area contributed by atoms with Crippen LogP contribution in [0.1, 0.15) is 18.9 Å². The van der Waals surface area contributed by atoms with E-state index in [1.807, 2.05) is 48.5 Å². The van der Waals surface area contributed by atoms with Gasteiger partial charge in [0.25, 0.3) is 0 Å². The van der Waals surface area contributed by atoms with Crippen LogP contribution in [-0.4, -0.2) is 6.61 Å². The molecule has 0 bridgehead atoms. The van der Waals surface area contributed by atoms with Gasteiger partial charge >= 0.3 is 0 Å². The van der Waals surface area contributed by atoms with Crippen molar-refractivity contribution < 1.29 is 9.47 Å². The van der Waals surface area contributed by atoms with Crippen LogP contribution in [0.3, 0.4) is 0 Å². The number of alkyl halides is 1. The van der Waals surface area contributed by atoms with Crippen molar-refractivity contribution in [2.45, 2.75) is 19.2 Å². The SMILES string of the molecule is CCCOc1ccc(Oc2cccc(CCl)c2)cc1. The van der Waals surface area contributed by atoms with Crippen molar-refractivity contribution in [3.63, 3.8) is 0 Å². The Bertz CT molecular complexity index is 508. The summed E-state index contributed by atoms with van der Waals surface area (Å²) in [5.41, 5.74) is 1.04. The maximum Gasteiger partial charge on any atom is 0.127 e. The maximum absolute atomic E-state index is 5.80. The van der Waals surface area contributed by atoms with Gasteiger partial charge in [-0.05, 0) is 48.4 Å². The van der Waals surface area contributed by atoms with Crippen LogP contribution in [0.15, 0.2) is 48.5 Å². The standard InChI is InChI=1S/C16H17ClO2/c1-2-10-18-14-6-8-15(9-7-14)19-16-5-3-4-13(11-16)12-17/h3-9,11H,2,10,12H2,1H3. The fourth-order valence-corrected chi connectivity index (χ4v) is 1.82. The minimum atomic E-state index is 0.487. The van der Waals surface area contributed by atoms with Crippen LogP contribution in [0.2, 0.25) is 0 Å². The lowest BCUT2D eigenvalue weighted by Gasteiger charge is -2.08. The van der Waals surface area contributed by atoms with Crippen molar-refractivity contribution in [1.82, 2.24) is 0 Å². The van der Waals surface area contributed by atoms with Crippen molar-refractivity contribution in [2.75, 3.05) is 6.61 Å². The summed E-state index contributed by atoms with van der Waals surface area (Å²) in [4.78, 5) is 0. The van der Waals surface area contributed by atoms with Crippen LogP contribution >= 0.6 is 11.6 Å². The molecule has 0 amide bonds. The molecule has 0 N–H and O–H groups in total. The van der Waals surface area contributed by atoms with Crippen molar-refractivity contribution >= 4 is 11.6 Å². The maximum atomic E-state index is 5.80. The summed E-state index contributed by atoms with van der Waals surface area (Å²) >= 11 is 5.80. The van der Waals surface area contributed by atoms with Gasteiger partial charge in [-0.2, -0.15) is 0 Å². The normalized spacial score (nSPS) is 10.2. The summed E-state index contributed by atoms with van der Waals surface area (Å²) in [6.07, 6.45) is 1.00. The van der Waals surface area contributed by atoms with E-state index < -0.39 is 0 Å². The molecule has 0 atom stereocenters. The van der Waals surface area contributed by atoms with Gasteiger partial charge in [0.15, 0.2) is 0 Å². The first-order valence-corrected chi connectivity index (χ1v) is 6.91. The smallest absolute Gasteiger partial charge is 0.127 e. The van der Waals surface area contributed by atoms with E-state index in [1.165, 1.54) is 0 Å². The average Bonchev–Trinajstić information content (AvgIpc) is 2.47. The van der Waals surface area contributed by atoms with E-state index >= 15 is 0 Å². The van der Waals surface area contributed by atoms with Crippen LogP contribution < -0.4 is 9.47 Å². The zero-order chi connectivity index (χ0) is 13.5. The molecule has 19 heavy (non-hydrogen) atoms. The summed E-state index contributed by atoms with van der Waals surface area (Å²) in [6, 6.07) is 15.4. The first-order valence-electron chi connectivity index (χ1n) is 6.37. The Kier molecular flexibility index (Phi) is 5.10. The monoisotopic (exact) mass is 276 g/mol. The van der Waals surface area contributed by atoms with Gasteiger partial charge in [0.05, 0.1) is 6.61 Å². The van der Waals surface area contributed by atoms with E-state index in [9.17, 15) is 0 Å². The molecule has 0 aromatic heterocycles. The van der Waals surface area contributed by atoms with E-state index in [1.54, 1.807) is 0 Å². The molecular formula is C16H17ClO2. The second kappa shape index (κ2) is 7.05. The zero-order valence-corrected chi connectivity index (χ0v) is 11.7. The molecule has 0 saturated heterocycles. The molecule has 100 valence electrons. The van der Waals surface area contributed by atoms with Gasteiger partial charge in [0.2, 0.25) is 0 Å². The largest absolute Gasteiger partial charge is 0.494 e. The Morgan fingerprint density at radius 1 is 0.947 bits per heavy atom. The van der Waals surface area contributed by atoms with E-state index in [0.717, 1.165) is 35.8 Å². The molecule has 0 heterocycles. The molecule has 0 fully saturated rings. The molecule has 2 aromatic rings. The van der Waals surface area contributed by atoms with E-state index in [2.05, 4.69) is 6.92 Å². The van der Waals surface area contributed by atoms with Gasteiger partial charge in [-0.3, -0.25) is 0 Å². The first-order chi connectivity index (χ1) is 9.31. The minimum absolute atomic E-state index is 0.487. The van der Waals surface area contributed by atoms with E-state index in [-0.39, 0.29) is 0 Å². The topological polar surface area (TPSA) is 18.5 Å². The molecule has 2 rings (SSSR count).